The van der Waals surface area contributed by atoms with Gasteiger partial charge in [-0.15, -0.1) is 0 Å². The number of carboxylic acid groups (broad SMARTS) is 1. The molecule has 3 rings (SSSR count). The molecule has 0 bridgehead atoms. The second-order valence-corrected chi connectivity index (χ2v) is 6.92. The second kappa shape index (κ2) is 10.1. The van der Waals surface area contributed by atoms with Crippen LogP contribution in [0.5, 0.6) is 5.75 Å². The molecule has 11 heteroatoms. The normalized spacial score (nSPS) is 26.1. The average Bonchev–Trinajstić information content (AvgIpc) is 3.03. The third kappa shape index (κ3) is 4.80. The molecule has 0 radical (unpaired) electrons. The van der Waals surface area contributed by atoms with Crippen molar-refractivity contribution in [3.05, 3.63) is 30.0 Å². The Balaban J connectivity index is 0.00000320. The van der Waals surface area contributed by atoms with E-state index in [1.807, 2.05) is 0 Å². The summed E-state index contributed by atoms with van der Waals surface area (Å²) >= 11 is 0. The van der Waals surface area contributed by atoms with Crippen LogP contribution in [0.25, 0.3) is 10.9 Å². The molecule has 2 heterocycles. The Morgan fingerprint density at radius 2 is 1.93 bits per heavy atom. The van der Waals surface area contributed by atoms with Crippen LogP contribution in [0.4, 0.5) is 0 Å². The van der Waals surface area contributed by atoms with Crippen LogP contribution in [-0.4, -0.2) is 69.8 Å². The molecule has 10 nitrogen and oxygen atoms in total. The Kier molecular flexibility index (Phi) is 8.28. The largest absolute Gasteiger partial charge is 1.00 e. The molecule has 1 aliphatic heterocycles. The molecule has 0 unspecified atom stereocenters. The number of carboxylic acids is 1. The van der Waals surface area contributed by atoms with Crippen LogP contribution in [0.1, 0.15) is 18.7 Å². The summed E-state index contributed by atoms with van der Waals surface area (Å²) in [7, 11) is 1.52. The van der Waals surface area contributed by atoms with E-state index in [1.54, 1.807) is 24.4 Å². The molecule has 0 saturated carbocycles. The van der Waals surface area contributed by atoms with Crippen LogP contribution in [0.2, 0.25) is 0 Å². The Morgan fingerprint density at radius 1 is 1.23 bits per heavy atom. The maximum absolute atomic E-state index is 11.3. The number of nitrogens with one attached hydrogen (secondary N) is 1. The van der Waals surface area contributed by atoms with Gasteiger partial charge in [-0.25, -0.2) is 0 Å². The summed E-state index contributed by atoms with van der Waals surface area (Å²) in [5, 5.41) is 45.2. The van der Waals surface area contributed by atoms with Crippen LogP contribution >= 0.6 is 0 Å². The summed E-state index contributed by atoms with van der Waals surface area (Å²) in [5.74, 6) is -1.28. The van der Waals surface area contributed by atoms with Gasteiger partial charge in [-0.05, 0) is 30.2 Å². The van der Waals surface area contributed by atoms with Gasteiger partial charge >= 0.3 is 29.6 Å². The van der Waals surface area contributed by atoms with E-state index in [2.05, 4.69) is 5.32 Å². The van der Waals surface area contributed by atoms with Crippen molar-refractivity contribution in [1.82, 2.24) is 9.88 Å². The Bertz CT molecular complexity index is 917. The van der Waals surface area contributed by atoms with Gasteiger partial charge in [0.15, 0.2) is 6.23 Å². The van der Waals surface area contributed by atoms with Crippen molar-refractivity contribution in [2.45, 2.75) is 44.0 Å². The fraction of sp³-hybridized carbons (Fsp3) is 0.474. The third-order valence-corrected chi connectivity index (χ3v) is 4.99. The predicted molar refractivity (Wildman–Crippen MR) is 97.8 cm³/mol. The molecule has 1 aromatic carbocycles. The van der Waals surface area contributed by atoms with Gasteiger partial charge in [-0.2, -0.15) is 0 Å². The molecular weight excluding hydrogens is 407 g/mol. The molecule has 4 N–H and O–H groups in total. The fourth-order valence-corrected chi connectivity index (χ4v) is 3.50. The van der Waals surface area contributed by atoms with Crippen LogP contribution < -0.4 is 44.7 Å². The number of methoxy groups -OCH3 is 1. The molecule has 30 heavy (non-hydrogen) atoms. The number of carbonyl (C=O) groups excluding carboxylic acids is 2. The molecule has 0 spiro atoms. The van der Waals surface area contributed by atoms with Crippen molar-refractivity contribution >= 4 is 22.8 Å². The van der Waals surface area contributed by atoms with E-state index in [0.717, 1.165) is 10.9 Å². The topological polar surface area (TPSA) is 153 Å². The van der Waals surface area contributed by atoms with Gasteiger partial charge in [0.2, 0.25) is 5.91 Å². The minimum atomic E-state index is -1.83. The molecule has 158 valence electrons. The first-order valence-electron chi connectivity index (χ1n) is 9.07. The molecule has 1 aromatic heterocycles. The molecule has 1 fully saturated rings. The van der Waals surface area contributed by atoms with Gasteiger partial charge < -0.3 is 44.6 Å². The Labute approximate surface area is 194 Å². The zero-order valence-corrected chi connectivity index (χ0v) is 18.9. The van der Waals surface area contributed by atoms with Crippen LogP contribution in [0, 0.1) is 0 Å². The van der Waals surface area contributed by atoms with Crippen LogP contribution in [-0.2, 0) is 20.7 Å². The summed E-state index contributed by atoms with van der Waals surface area (Å²) in [6, 6.07) is 5.16. The van der Waals surface area contributed by atoms with Crippen molar-refractivity contribution in [3.63, 3.8) is 0 Å². The van der Waals surface area contributed by atoms with Gasteiger partial charge in [-0.3, -0.25) is 4.79 Å². The number of carbonyl (C=O) groups is 2. The number of benzene rings is 1. The van der Waals surface area contributed by atoms with Crippen molar-refractivity contribution in [3.8, 4) is 5.75 Å². The Morgan fingerprint density at radius 3 is 2.53 bits per heavy atom. The van der Waals surface area contributed by atoms with Gasteiger partial charge in [0, 0.05) is 25.1 Å². The SMILES string of the molecule is COc1ccc2c(c1)c(CCNC(C)=O)cn2[C@H]1O[C@H](C(=O)[O-])[C@@H](O)[C@H](O)[C@H]1O.[Na+]. The van der Waals surface area contributed by atoms with Gasteiger partial charge in [0.1, 0.15) is 30.2 Å². The molecule has 1 aliphatic rings. The smallest absolute Gasteiger partial charge is 0.547 e. The zero-order chi connectivity index (χ0) is 21.3. The van der Waals surface area contributed by atoms with E-state index >= 15 is 0 Å². The fourth-order valence-electron chi connectivity index (χ4n) is 3.50. The number of aliphatic hydroxyl groups is 3. The van der Waals surface area contributed by atoms with E-state index in [1.165, 1.54) is 18.6 Å². The number of fused-ring (bicyclic) bond motifs is 1. The van der Waals surface area contributed by atoms with Gasteiger partial charge in [0.05, 0.1) is 18.6 Å². The molecule has 2 aromatic rings. The molecule has 0 aliphatic carbocycles. The van der Waals surface area contributed by atoms with E-state index in [4.69, 9.17) is 9.47 Å². The number of aliphatic carboxylic acids is 1. The quantitative estimate of drug-likeness (QED) is 0.333. The van der Waals surface area contributed by atoms with E-state index in [0.29, 0.717) is 24.2 Å². The molecular formula is C19H23N2NaO8. The molecule has 1 amide bonds. The standard InChI is InChI=1S/C19H24N2O8.Na/c1-9(22)20-6-5-10-8-21(13-4-3-11(28-2)7-12(10)13)18-16(25)14(23)15(24)17(29-18)19(26)27;/h3-4,7-8,14-18,23-25H,5-6H2,1-2H3,(H,20,22)(H,26,27);/q;+1/p-1/t14-,15-,16+,17-,18-;/m0./s1. The number of aliphatic hydroxyl groups excluding tert-OH is 3. The first kappa shape index (κ1) is 24.6. The van der Waals surface area contributed by atoms with E-state index in [9.17, 15) is 30.0 Å². The monoisotopic (exact) mass is 430 g/mol. The summed E-state index contributed by atoms with van der Waals surface area (Å²) < 4.78 is 12.1. The number of nitrogens with zero attached hydrogens (tertiary/aromatic N) is 1. The van der Waals surface area contributed by atoms with Crippen LogP contribution in [0.3, 0.4) is 0 Å². The first-order chi connectivity index (χ1) is 13.7. The van der Waals surface area contributed by atoms with Crippen molar-refractivity contribution in [1.29, 1.82) is 0 Å². The summed E-state index contributed by atoms with van der Waals surface area (Å²) in [6.07, 6.45) is -6.13. The average molecular weight is 430 g/mol. The number of aromatic nitrogens is 1. The van der Waals surface area contributed by atoms with Crippen molar-refractivity contribution < 1.29 is 69.0 Å². The second-order valence-electron chi connectivity index (χ2n) is 6.92. The van der Waals surface area contributed by atoms with Crippen molar-refractivity contribution in [2.75, 3.05) is 13.7 Å². The molecule has 1 saturated heterocycles. The van der Waals surface area contributed by atoms with Gasteiger partial charge in [-0.1, -0.05) is 0 Å². The third-order valence-electron chi connectivity index (χ3n) is 4.99. The van der Waals surface area contributed by atoms with Gasteiger partial charge in [0.25, 0.3) is 0 Å². The summed E-state index contributed by atoms with van der Waals surface area (Å²) in [6.45, 7) is 1.77. The first-order valence-corrected chi connectivity index (χ1v) is 9.07. The van der Waals surface area contributed by atoms with E-state index < -0.39 is 36.6 Å². The number of rotatable bonds is 6. The zero-order valence-electron chi connectivity index (χ0n) is 16.9. The minimum absolute atomic E-state index is 0. The molecule has 5 atom stereocenters. The summed E-state index contributed by atoms with van der Waals surface area (Å²) in [4.78, 5) is 22.5. The number of hydrogen-bond acceptors (Lipinski definition) is 8. The summed E-state index contributed by atoms with van der Waals surface area (Å²) in [5.41, 5.74) is 1.38. The maximum Gasteiger partial charge on any atom is 1.00 e. The van der Waals surface area contributed by atoms with E-state index in [-0.39, 0.29) is 35.5 Å². The number of hydrogen-bond donors (Lipinski definition) is 4. The van der Waals surface area contributed by atoms with Crippen LogP contribution in [0.15, 0.2) is 24.4 Å². The number of amides is 1. The van der Waals surface area contributed by atoms with Crippen molar-refractivity contribution in [2.24, 2.45) is 0 Å². The predicted octanol–water partition coefficient (Wildman–Crippen LogP) is -4.94. The number of ether oxygens (including phenoxy) is 2. The maximum atomic E-state index is 11.3. The minimum Gasteiger partial charge on any atom is -0.547 e. The Hall–Kier alpha value is -1.66.